The molecule has 1 heterocycles. The molecule has 1 amide bonds. The van der Waals surface area contributed by atoms with Gasteiger partial charge in [-0.2, -0.15) is 0 Å². The van der Waals surface area contributed by atoms with Crippen LogP contribution in [0.15, 0.2) is 12.1 Å². The van der Waals surface area contributed by atoms with E-state index in [2.05, 4.69) is 27.8 Å². The highest BCUT2D eigenvalue weighted by molar-refractivity contribution is 5.89. The summed E-state index contributed by atoms with van der Waals surface area (Å²) in [6, 6.07) is 3.57. The number of carbonyl (C=O) groups is 1. The van der Waals surface area contributed by atoms with Gasteiger partial charge in [0.2, 0.25) is 5.91 Å². The second-order valence-electron chi connectivity index (χ2n) is 4.38. The third-order valence-electron chi connectivity index (χ3n) is 2.08. The molecule has 0 saturated carbocycles. The predicted molar refractivity (Wildman–Crippen MR) is 68.9 cm³/mol. The maximum atomic E-state index is 11.5. The molecule has 0 aliphatic carbocycles. The van der Waals surface area contributed by atoms with Crippen LogP contribution in [0.2, 0.25) is 0 Å². The first-order valence-corrected chi connectivity index (χ1v) is 5.99. The van der Waals surface area contributed by atoms with Gasteiger partial charge in [-0.1, -0.05) is 20.8 Å². The van der Waals surface area contributed by atoms with E-state index < -0.39 is 0 Å². The molecule has 0 aromatic carbocycles. The van der Waals surface area contributed by atoms with E-state index in [4.69, 9.17) is 0 Å². The molecule has 5 heteroatoms. The number of hydrogen-bond acceptors (Lipinski definition) is 4. The maximum Gasteiger partial charge on any atom is 0.225 e. The Balaban J connectivity index is 2.47. The SMILES string of the molecule is CCCNc1ccc(NC(=O)CC(C)C)nn1. The number of anilines is 2. The number of carbonyl (C=O) groups excluding carboxylic acids is 1. The maximum absolute atomic E-state index is 11.5. The lowest BCUT2D eigenvalue weighted by Crippen LogP contribution is -2.15. The smallest absolute Gasteiger partial charge is 0.225 e. The fourth-order valence-electron chi connectivity index (χ4n) is 1.31. The topological polar surface area (TPSA) is 66.9 Å². The van der Waals surface area contributed by atoms with Gasteiger partial charge < -0.3 is 10.6 Å². The molecule has 94 valence electrons. The van der Waals surface area contributed by atoms with Crippen LogP contribution in [0.4, 0.5) is 11.6 Å². The van der Waals surface area contributed by atoms with Crippen LogP contribution in [-0.4, -0.2) is 22.6 Å². The molecule has 0 aliphatic heterocycles. The van der Waals surface area contributed by atoms with Crippen molar-refractivity contribution in [3.8, 4) is 0 Å². The van der Waals surface area contributed by atoms with Gasteiger partial charge in [-0.15, -0.1) is 10.2 Å². The van der Waals surface area contributed by atoms with E-state index in [0.717, 1.165) is 18.8 Å². The summed E-state index contributed by atoms with van der Waals surface area (Å²) in [4.78, 5) is 11.5. The quantitative estimate of drug-likeness (QED) is 0.795. The fraction of sp³-hybridized carbons (Fsp3) is 0.583. The molecule has 0 radical (unpaired) electrons. The molecule has 17 heavy (non-hydrogen) atoms. The number of amides is 1. The summed E-state index contributed by atoms with van der Waals surface area (Å²) in [5, 5.41) is 13.7. The second-order valence-corrected chi connectivity index (χ2v) is 4.38. The second kappa shape index (κ2) is 6.83. The highest BCUT2D eigenvalue weighted by atomic mass is 16.1. The van der Waals surface area contributed by atoms with Crippen LogP contribution < -0.4 is 10.6 Å². The number of nitrogens with one attached hydrogen (secondary N) is 2. The van der Waals surface area contributed by atoms with Gasteiger partial charge in [0.25, 0.3) is 0 Å². The van der Waals surface area contributed by atoms with E-state index in [1.54, 1.807) is 6.07 Å². The summed E-state index contributed by atoms with van der Waals surface area (Å²) >= 11 is 0. The minimum absolute atomic E-state index is 0.0245. The van der Waals surface area contributed by atoms with Crippen molar-refractivity contribution in [1.82, 2.24) is 10.2 Å². The first kappa shape index (κ1) is 13.4. The van der Waals surface area contributed by atoms with E-state index in [1.807, 2.05) is 19.9 Å². The highest BCUT2D eigenvalue weighted by Crippen LogP contribution is 2.08. The summed E-state index contributed by atoms with van der Waals surface area (Å²) < 4.78 is 0. The van der Waals surface area contributed by atoms with Crippen LogP contribution in [-0.2, 0) is 4.79 Å². The largest absolute Gasteiger partial charge is 0.369 e. The molecule has 1 aromatic rings. The Kier molecular flexibility index (Phi) is 5.39. The third-order valence-corrected chi connectivity index (χ3v) is 2.08. The summed E-state index contributed by atoms with van der Waals surface area (Å²) in [5.41, 5.74) is 0. The van der Waals surface area contributed by atoms with Crippen molar-refractivity contribution in [2.24, 2.45) is 5.92 Å². The zero-order valence-corrected chi connectivity index (χ0v) is 10.7. The average molecular weight is 236 g/mol. The first-order valence-electron chi connectivity index (χ1n) is 5.99. The van der Waals surface area contributed by atoms with Crippen LogP contribution in [0.5, 0.6) is 0 Å². The lowest BCUT2D eigenvalue weighted by atomic mass is 10.1. The molecule has 0 saturated heterocycles. The lowest BCUT2D eigenvalue weighted by molar-refractivity contribution is -0.116. The average Bonchev–Trinajstić information content (AvgIpc) is 2.27. The standard InChI is InChI=1S/C12H20N4O/c1-4-7-13-10-5-6-11(16-15-10)14-12(17)8-9(2)3/h5-6,9H,4,7-8H2,1-3H3,(H,13,15)(H,14,16,17). The Morgan fingerprint density at radius 2 is 1.94 bits per heavy atom. The third kappa shape index (κ3) is 5.29. The van der Waals surface area contributed by atoms with Gasteiger partial charge >= 0.3 is 0 Å². The number of aromatic nitrogens is 2. The van der Waals surface area contributed by atoms with Crippen molar-refractivity contribution in [3.63, 3.8) is 0 Å². The molecular formula is C12H20N4O. The van der Waals surface area contributed by atoms with Crippen LogP contribution in [0.25, 0.3) is 0 Å². The molecule has 0 unspecified atom stereocenters. The van der Waals surface area contributed by atoms with Gasteiger partial charge in [-0.05, 0) is 24.5 Å². The zero-order valence-electron chi connectivity index (χ0n) is 10.7. The number of hydrogen-bond donors (Lipinski definition) is 2. The van der Waals surface area contributed by atoms with Crippen molar-refractivity contribution in [2.75, 3.05) is 17.2 Å². The monoisotopic (exact) mass is 236 g/mol. The van der Waals surface area contributed by atoms with Crippen LogP contribution in [0.1, 0.15) is 33.6 Å². The van der Waals surface area contributed by atoms with Crippen molar-refractivity contribution in [3.05, 3.63) is 12.1 Å². The number of nitrogens with zero attached hydrogens (tertiary/aromatic N) is 2. The van der Waals surface area contributed by atoms with Crippen LogP contribution in [0, 0.1) is 5.92 Å². The molecular weight excluding hydrogens is 216 g/mol. The Labute approximate surface area is 102 Å². The van der Waals surface area contributed by atoms with Crippen LogP contribution >= 0.6 is 0 Å². The van der Waals surface area contributed by atoms with E-state index in [1.165, 1.54) is 0 Å². The molecule has 0 bridgehead atoms. The van der Waals surface area contributed by atoms with Crippen molar-refractivity contribution in [2.45, 2.75) is 33.6 Å². The Morgan fingerprint density at radius 3 is 2.47 bits per heavy atom. The highest BCUT2D eigenvalue weighted by Gasteiger charge is 2.06. The van der Waals surface area contributed by atoms with E-state index in [-0.39, 0.29) is 5.91 Å². The molecule has 0 aliphatic rings. The predicted octanol–water partition coefficient (Wildman–Crippen LogP) is 2.28. The number of rotatable bonds is 6. The molecule has 1 rings (SSSR count). The molecule has 2 N–H and O–H groups in total. The van der Waals surface area contributed by atoms with Gasteiger partial charge in [-0.25, -0.2) is 0 Å². The van der Waals surface area contributed by atoms with Crippen molar-refractivity contribution < 1.29 is 4.79 Å². The molecule has 5 nitrogen and oxygen atoms in total. The van der Waals surface area contributed by atoms with Gasteiger partial charge in [0.15, 0.2) is 5.82 Å². The molecule has 0 atom stereocenters. The van der Waals surface area contributed by atoms with E-state index >= 15 is 0 Å². The summed E-state index contributed by atoms with van der Waals surface area (Å²) in [5.74, 6) is 1.54. The normalized spacial score (nSPS) is 10.4. The van der Waals surface area contributed by atoms with Gasteiger partial charge in [0, 0.05) is 13.0 Å². The van der Waals surface area contributed by atoms with E-state index in [0.29, 0.717) is 18.2 Å². The van der Waals surface area contributed by atoms with Gasteiger partial charge in [0.1, 0.15) is 5.82 Å². The fourth-order valence-corrected chi connectivity index (χ4v) is 1.31. The summed E-state index contributed by atoms with van der Waals surface area (Å²) in [7, 11) is 0. The Bertz CT molecular complexity index is 348. The van der Waals surface area contributed by atoms with Crippen LogP contribution in [0.3, 0.4) is 0 Å². The van der Waals surface area contributed by atoms with Crippen molar-refractivity contribution >= 4 is 17.5 Å². The summed E-state index contributed by atoms with van der Waals surface area (Å²) in [6.45, 7) is 6.96. The van der Waals surface area contributed by atoms with Gasteiger partial charge in [0.05, 0.1) is 0 Å². The molecule has 0 fully saturated rings. The van der Waals surface area contributed by atoms with E-state index in [9.17, 15) is 4.79 Å². The summed E-state index contributed by atoms with van der Waals surface area (Å²) in [6.07, 6.45) is 1.53. The Morgan fingerprint density at radius 1 is 1.29 bits per heavy atom. The minimum Gasteiger partial charge on any atom is -0.369 e. The van der Waals surface area contributed by atoms with Crippen molar-refractivity contribution in [1.29, 1.82) is 0 Å². The van der Waals surface area contributed by atoms with Gasteiger partial charge in [-0.3, -0.25) is 4.79 Å². The first-order chi connectivity index (χ1) is 8.11. The molecule has 1 aromatic heterocycles. The Hall–Kier alpha value is -1.65. The lowest BCUT2D eigenvalue weighted by Gasteiger charge is -2.07. The minimum atomic E-state index is -0.0245. The molecule has 0 spiro atoms. The zero-order chi connectivity index (χ0) is 12.7.